The van der Waals surface area contributed by atoms with Gasteiger partial charge in [0.05, 0.1) is 20.2 Å². The van der Waals surface area contributed by atoms with Crippen molar-refractivity contribution in [2.24, 2.45) is 7.05 Å². The highest BCUT2D eigenvalue weighted by Gasteiger charge is 2.00. The van der Waals surface area contributed by atoms with Crippen molar-refractivity contribution in [2.75, 3.05) is 6.61 Å². The van der Waals surface area contributed by atoms with Crippen LogP contribution in [0.15, 0.2) is 61.2 Å². The van der Waals surface area contributed by atoms with Crippen LogP contribution in [-0.4, -0.2) is 11.2 Å². The van der Waals surface area contributed by atoms with Gasteiger partial charge in [0.2, 0.25) is 6.33 Å². The van der Waals surface area contributed by atoms with E-state index in [-0.39, 0.29) is 0 Å². The molecule has 0 spiro atoms. The van der Waals surface area contributed by atoms with Crippen molar-refractivity contribution < 1.29 is 9.30 Å². The zero-order chi connectivity index (χ0) is 14.5. The Morgan fingerprint density at radius 1 is 1.05 bits per heavy atom. The topological polar surface area (TPSA) is 18.0 Å². The molecule has 0 fully saturated rings. The van der Waals surface area contributed by atoms with Gasteiger partial charge in [-0.05, 0) is 35.7 Å². The Balaban J connectivity index is 1.46. The molecule has 1 aromatic heterocycles. The predicted molar refractivity (Wildman–Crippen MR) is 84.3 cm³/mol. The summed E-state index contributed by atoms with van der Waals surface area (Å²) in [5.41, 5.74) is 0. The number of aromatic nitrogens is 2. The molecule has 0 atom stereocenters. The number of rotatable bonds is 6. The van der Waals surface area contributed by atoms with E-state index in [9.17, 15) is 0 Å². The van der Waals surface area contributed by atoms with Crippen LogP contribution in [0.2, 0.25) is 0 Å². The van der Waals surface area contributed by atoms with Gasteiger partial charge in [0.1, 0.15) is 18.1 Å². The monoisotopic (exact) mass is 281 g/mol. The van der Waals surface area contributed by atoms with E-state index in [1.54, 1.807) is 0 Å². The van der Waals surface area contributed by atoms with Crippen molar-refractivity contribution in [2.45, 2.75) is 19.4 Å². The summed E-state index contributed by atoms with van der Waals surface area (Å²) in [6.45, 7) is 1.81. The Labute approximate surface area is 125 Å². The van der Waals surface area contributed by atoms with Crippen molar-refractivity contribution in [1.82, 2.24) is 4.57 Å². The highest BCUT2D eigenvalue weighted by atomic mass is 16.5. The molecule has 0 unspecified atom stereocenters. The van der Waals surface area contributed by atoms with Crippen LogP contribution in [0.4, 0.5) is 0 Å². The average molecular weight is 281 g/mol. The third-order valence-corrected chi connectivity index (χ3v) is 3.62. The minimum absolute atomic E-state index is 0.770. The van der Waals surface area contributed by atoms with Gasteiger partial charge in [-0.2, -0.15) is 0 Å². The number of ether oxygens (including phenoxy) is 1. The number of benzene rings is 2. The van der Waals surface area contributed by atoms with E-state index in [0.29, 0.717) is 0 Å². The van der Waals surface area contributed by atoms with Crippen LogP contribution in [0.3, 0.4) is 0 Å². The van der Waals surface area contributed by atoms with E-state index in [2.05, 4.69) is 64.3 Å². The van der Waals surface area contributed by atoms with Crippen LogP contribution < -0.4 is 9.30 Å². The summed E-state index contributed by atoms with van der Waals surface area (Å²) >= 11 is 0. The van der Waals surface area contributed by atoms with Crippen LogP contribution in [0.25, 0.3) is 10.8 Å². The molecule has 0 aliphatic heterocycles. The molecule has 1 heterocycles. The second kappa shape index (κ2) is 6.44. The fraction of sp³-hybridized carbons (Fsp3) is 0.278. The molecule has 0 N–H and O–H groups in total. The highest BCUT2D eigenvalue weighted by Crippen LogP contribution is 2.20. The molecule has 108 valence electrons. The molecular formula is C18H21N2O+. The number of hydrogen-bond acceptors (Lipinski definition) is 1. The standard InChI is InChI=1S/C18H21N2O/c1-19-11-12-20(15-19)10-4-5-13-21-18-9-8-16-6-2-3-7-17(16)14-18/h2-3,6-9,11-12,14-15H,4-5,10,13H2,1H3/q+1. The zero-order valence-corrected chi connectivity index (χ0v) is 12.4. The summed E-state index contributed by atoms with van der Waals surface area (Å²) in [5, 5.41) is 2.49. The molecule has 3 rings (SSSR count). The molecule has 2 aromatic carbocycles. The van der Waals surface area contributed by atoms with Gasteiger partial charge < -0.3 is 4.74 Å². The first-order valence-electron chi connectivity index (χ1n) is 7.44. The Morgan fingerprint density at radius 2 is 1.90 bits per heavy atom. The Morgan fingerprint density at radius 3 is 2.71 bits per heavy atom. The smallest absolute Gasteiger partial charge is 0.243 e. The van der Waals surface area contributed by atoms with Crippen molar-refractivity contribution in [3.05, 3.63) is 61.2 Å². The Bertz CT molecular complexity index is 718. The summed E-state index contributed by atoms with van der Waals surface area (Å²) in [7, 11) is 2.04. The molecule has 0 aliphatic carbocycles. The first-order valence-corrected chi connectivity index (χ1v) is 7.44. The molecular weight excluding hydrogens is 260 g/mol. The highest BCUT2D eigenvalue weighted by molar-refractivity contribution is 5.83. The molecule has 21 heavy (non-hydrogen) atoms. The van der Waals surface area contributed by atoms with E-state index in [1.807, 2.05) is 13.1 Å². The van der Waals surface area contributed by atoms with Crippen molar-refractivity contribution >= 4 is 10.8 Å². The molecule has 0 amide bonds. The molecule has 3 nitrogen and oxygen atoms in total. The van der Waals surface area contributed by atoms with E-state index < -0.39 is 0 Å². The van der Waals surface area contributed by atoms with Crippen molar-refractivity contribution in [3.8, 4) is 5.75 Å². The SMILES string of the molecule is C[n+]1ccn(CCCCOc2ccc3ccccc3c2)c1. The summed E-state index contributed by atoms with van der Waals surface area (Å²) in [5.74, 6) is 0.959. The fourth-order valence-corrected chi connectivity index (χ4v) is 2.48. The number of fused-ring (bicyclic) bond motifs is 1. The normalized spacial score (nSPS) is 10.9. The van der Waals surface area contributed by atoms with E-state index >= 15 is 0 Å². The van der Waals surface area contributed by atoms with Gasteiger partial charge in [0, 0.05) is 0 Å². The fourth-order valence-electron chi connectivity index (χ4n) is 2.48. The van der Waals surface area contributed by atoms with Gasteiger partial charge in [0.15, 0.2) is 0 Å². The summed E-state index contributed by atoms with van der Waals surface area (Å²) in [4.78, 5) is 0. The molecule has 0 bridgehead atoms. The third-order valence-electron chi connectivity index (χ3n) is 3.62. The van der Waals surface area contributed by atoms with Gasteiger partial charge in [-0.25, -0.2) is 9.13 Å². The zero-order valence-electron chi connectivity index (χ0n) is 12.4. The van der Waals surface area contributed by atoms with Crippen LogP contribution in [0.1, 0.15) is 12.8 Å². The number of nitrogens with zero attached hydrogens (tertiary/aromatic N) is 2. The van der Waals surface area contributed by atoms with Gasteiger partial charge in [0.25, 0.3) is 0 Å². The van der Waals surface area contributed by atoms with Gasteiger partial charge >= 0.3 is 0 Å². The molecule has 3 aromatic rings. The minimum Gasteiger partial charge on any atom is -0.494 e. The van der Waals surface area contributed by atoms with Crippen molar-refractivity contribution in [3.63, 3.8) is 0 Å². The maximum atomic E-state index is 5.84. The van der Waals surface area contributed by atoms with Crippen LogP contribution in [0, 0.1) is 0 Å². The van der Waals surface area contributed by atoms with Gasteiger partial charge in [-0.15, -0.1) is 0 Å². The molecule has 0 aliphatic rings. The average Bonchev–Trinajstić information content (AvgIpc) is 2.92. The van der Waals surface area contributed by atoms with Crippen molar-refractivity contribution in [1.29, 1.82) is 0 Å². The molecule has 0 radical (unpaired) electrons. The lowest BCUT2D eigenvalue weighted by Gasteiger charge is -2.07. The van der Waals surface area contributed by atoms with E-state index in [4.69, 9.17) is 4.74 Å². The lowest BCUT2D eigenvalue weighted by Crippen LogP contribution is -2.23. The molecule has 3 heteroatoms. The number of imidazole rings is 1. The lowest BCUT2D eigenvalue weighted by atomic mass is 10.1. The Kier molecular flexibility index (Phi) is 4.20. The maximum Gasteiger partial charge on any atom is 0.243 e. The molecule has 0 saturated carbocycles. The largest absolute Gasteiger partial charge is 0.494 e. The predicted octanol–water partition coefficient (Wildman–Crippen LogP) is 3.33. The van der Waals surface area contributed by atoms with E-state index in [1.165, 1.54) is 10.8 Å². The van der Waals surface area contributed by atoms with Gasteiger partial charge in [-0.1, -0.05) is 30.3 Å². The summed E-state index contributed by atoms with van der Waals surface area (Å²) in [6, 6.07) is 14.6. The van der Waals surface area contributed by atoms with Crippen LogP contribution in [0.5, 0.6) is 5.75 Å². The van der Waals surface area contributed by atoms with E-state index in [0.717, 1.165) is 31.7 Å². The minimum atomic E-state index is 0.770. The van der Waals surface area contributed by atoms with Crippen LogP contribution in [-0.2, 0) is 13.6 Å². The van der Waals surface area contributed by atoms with Gasteiger partial charge in [-0.3, -0.25) is 0 Å². The second-order valence-corrected chi connectivity index (χ2v) is 5.38. The first-order chi connectivity index (χ1) is 10.3. The number of hydrogen-bond donors (Lipinski definition) is 0. The lowest BCUT2D eigenvalue weighted by molar-refractivity contribution is -0.671. The quantitative estimate of drug-likeness (QED) is 0.500. The molecule has 0 saturated heterocycles. The van der Waals surface area contributed by atoms with Crippen LogP contribution >= 0.6 is 0 Å². The second-order valence-electron chi connectivity index (χ2n) is 5.38. The number of unbranched alkanes of at least 4 members (excludes halogenated alkanes) is 1. The number of aryl methyl sites for hydroxylation is 2. The summed E-state index contributed by atoms with van der Waals surface area (Å²) < 4.78 is 10.1. The third kappa shape index (κ3) is 3.63. The first kappa shape index (κ1) is 13.7. The summed E-state index contributed by atoms with van der Waals surface area (Å²) in [6.07, 6.45) is 8.46. The Hall–Kier alpha value is -2.29. The maximum absolute atomic E-state index is 5.84.